The fraction of sp³-hybridized carbons (Fsp3) is 0.471. The average Bonchev–Trinajstić information content (AvgIpc) is 3.06. The number of thioether (sulfide) groups is 1. The lowest BCUT2D eigenvalue weighted by Crippen LogP contribution is -2.44. The number of anilines is 1. The zero-order valence-electron chi connectivity index (χ0n) is 13.8. The molecule has 0 unspecified atom stereocenters. The Morgan fingerprint density at radius 2 is 2.16 bits per heavy atom. The fourth-order valence-electron chi connectivity index (χ4n) is 3.12. The first kappa shape index (κ1) is 18.2. The summed E-state index contributed by atoms with van der Waals surface area (Å²) in [5.41, 5.74) is 6.78. The van der Waals surface area contributed by atoms with Gasteiger partial charge in [0.05, 0.1) is 11.2 Å². The van der Waals surface area contributed by atoms with Crippen LogP contribution in [0, 0.1) is 0 Å². The number of carbonyl (C=O) groups excluding carboxylic acids is 1. The lowest BCUT2D eigenvalue weighted by atomic mass is 9.77. The molecule has 1 aliphatic heterocycles. The quantitative estimate of drug-likeness (QED) is 0.877. The van der Waals surface area contributed by atoms with Crippen molar-refractivity contribution in [3.8, 4) is 0 Å². The molecule has 0 atom stereocenters. The largest absolute Gasteiger partial charge is 0.339 e. The first-order valence-electron chi connectivity index (χ1n) is 8.30. The molecule has 134 valence electrons. The van der Waals surface area contributed by atoms with Crippen molar-refractivity contribution in [3.05, 3.63) is 36.0 Å². The van der Waals surface area contributed by atoms with Crippen molar-refractivity contribution in [1.29, 1.82) is 0 Å². The van der Waals surface area contributed by atoms with E-state index in [1.807, 2.05) is 23.1 Å². The van der Waals surface area contributed by atoms with Crippen molar-refractivity contribution in [3.63, 3.8) is 0 Å². The molecule has 1 fully saturated rings. The number of rotatable bonds is 4. The van der Waals surface area contributed by atoms with Crippen LogP contribution in [0.1, 0.15) is 37.4 Å². The normalized spacial score (nSPS) is 18.0. The highest BCUT2D eigenvalue weighted by Gasteiger charge is 2.39. The molecule has 1 amide bonds. The molecule has 25 heavy (non-hydrogen) atoms. The number of nitrogens with zero attached hydrogens (tertiary/aromatic N) is 3. The smallest absolute Gasteiger partial charge is 0.227 e. The number of halogens is 1. The van der Waals surface area contributed by atoms with E-state index < -0.39 is 5.54 Å². The van der Waals surface area contributed by atoms with Crippen LogP contribution in [0.5, 0.6) is 0 Å². The van der Waals surface area contributed by atoms with Gasteiger partial charge in [-0.05, 0) is 31.4 Å². The Morgan fingerprint density at radius 1 is 1.36 bits per heavy atom. The third-order valence-corrected chi connectivity index (χ3v) is 5.78. The van der Waals surface area contributed by atoms with E-state index in [9.17, 15) is 4.79 Å². The SMILES string of the molecule is Cl.NC1(c2noc(CCC(=O)N3CCSc4ccccc43)n2)CCC1. The second kappa shape index (κ2) is 7.35. The third kappa shape index (κ3) is 3.54. The van der Waals surface area contributed by atoms with Crippen LogP contribution < -0.4 is 10.6 Å². The number of aromatic nitrogens is 2. The number of amides is 1. The average molecular weight is 381 g/mol. The minimum Gasteiger partial charge on any atom is -0.339 e. The Kier molecular flexibility index (Phi) is 5.36. The Hall–Kier alpha value is -1.57. The number of para-hydroxylation sites is 1. The molecule has 2 aromatic rings. The van der Waals surface area contributed by atoms with Crippen LogP contribution in [0.25, 0.3) is 0 Å². The molecule has 1 saturated carbocycles. The van der Waals surface area contributed by atoms with E-state index in [4.69, 9.17) is 10.3 Å². The van der Waals surface area contributed by atoms with Gasteiger partial charge in [0.15, 0.2) is 5.82 Å². The molecule has 8 heteroatoms. The number of hydrogen-bond acceptors (Lipinski definition) is 6. The monoisotopic (exact) mass is 380 g/mol. The summed E-state index contributed by atoms with van der Waals surface area (Å²) >= 11 is 1.79. The van der Waals surface area contributed by atoms with E-state index in [1.54, 1.807) is 11.8 Å². The van der Waals surface area contributed by atoms with Gasteiger partial charge in [0, 0.05) is 30.0 Å². The highest BCUT2D eigenvalue weighted by molar-refractivity contribution is 7.99. The van der Waals surface area contributed by atoms with Crippen LogP contribution in [0.15, 0.2) is 33.7 Å². The maximum absolute atomic E-state index is 12.6. The van der Waals surface area contributed by atoms with Crippen molar-refractivity contribution >= 4 is 35.8 Å². The van der Waals surface area contributed by atoms with Crippen molar-refractivity contribution < 1.29 is 9.32 Å². The van der Waals surface area contributed by atoms with Gasteiger partial charge in [0.1, 0.15) is 0 Å². The molecule has 2 N–H and O–H groups in total. The van der Waals surface area contributed by atoms with Crippen LogP contribution in [0.2, 0.25) is 0 Å². The minimum absolute atomic E-state index is 0. The van der Waals surface area contributed by atoms with Gasteiger partial charge < -0.3 is 15.2 Å². The molecule has 2 heterocycles. The zero-order chi connectivity index (χ0) is 16.6. The maximum Gasteiger partial charge on any atom is 0.227 e. The summed E-state index contributed by atoms with van der Waals surface area (Å²) in [5.74, 6) is 2.09. The van der Waals surface area contributed by atoms with Crippen molar-refractivity contribution in [2.45, 2.75) is 42.5 Å². The van der Waals surface area contributed by atoms with E-state index in [0.29, 0.717) is 24.6 Å². The highest BCUT2D eigenvalue weighted by Crippen LogP contribution is 2.37. The molecule has 4 rings (SSSR count). The standard InChI is InChI=1S/C17H20N4O2S.ClH/c18-17(8-3-9-17)16-19-14(23-20-16)6-7-15(22)21-10-11-24-13-5-2-1-4-12(13)21;/h1-2,4-5H,3,6-11,18H2;1H. The van der Waals surface area contributed by atoms with E-state index in [-0.39, 0.29) is 18.3 Å². The highest BCUT2D eigenvalue weighted by atomic mass is 35.5. The van der Waals surface area contributed by atoms with Gasteiger partial charge in [-0.2, -0.15) is 4.98 Å². The van der Waals surface area contributed by atoms with Gasteiger partial charge in [-0.3, -0.25) is 4.79 Å². The third-order valence-electron chi connectivity index (χ3n) is 4.74. The topological polar surface area (TPSA) is 85.2 Å². The number of aryl methyl sites for hydroxylation is 1. The molecule has 0 bridgehead atoms. The van der Waals surface area contributed by atoms with Gasteiger partial charge in [-0.1, -0.05) is 17.3 Å². The van der Waals surface area contributed by atoms with E-state index in [1.165, 1.54) is 0 Å². The fourth-order valence-corrected chi connectivity index (χ4v) is 4.11. The van der Waals surface area contributed by atoms with Crippen LogP contribution >= 0.6 is 24.2 Å². The van der Waals surface area contributed by atoms with E-state index in [2.05, 4.69) is 16.2 Å². The van der Waals surface area contributed by atoms with E-state index >= 15 is 0 Å². The molecular weight excluding hydrogens is 360 g/mol. The summed E-state index contributed by atoms with van der Waals surface area (Å²) < 4.78 is 5.28. The van der Waals surface area contributed by atoms with Gasteiger partial charge in [0.25, 0.3) is 0 Å². The van der Waals surface area contributed by atoms with E-state index in [0.717, 1.165) is 42.1 Å². The summed E-state index contributed by atoms with van der Waals surface area (Å²) in [7, 11) is 0. The zero-order valence-corrected chi connectivity index (χ0v) is 15.4. The van der Waals surface area contributed by atoms with Gasteiger partial charge in [-0.25, -0.2) is 0 Å². The van der Waals surface area contributed by atoms with Gasteiger partial charge in [-0.15, -0.1) is 24.2 Å². The number of hydrogen-bond donors (Lipinski definition) is 1. The van der Waals surface area contributed by atoms with Crippen LogP contribution in [-0.4, -0.2) is 28.3 Å². The first-order chi connectivity index (χ1) is 11.7. The minimum atomic E-state index is -0.422. The number of fused-ring (bicyclic) bond motifs is 1. The number of benzene rings is 1. The van der Waals surface area contributed by atoms with Gasteiger partial charge >= 0.3 is 0 Å². The number of carbonyl (C=O) groups is 1. The molecule has 1 aromatic carbocycles. The van der Waals surface area contributed by atoms with Crippen molar-refractivity contribution in [1.82, 2.24) is 10.1 Å². The van der Waals surface area contributed by atoms with Crippen molar-refractivity contribution in [2.75, 3.05) is 17.2 Å². The molecule has 1 aliphatic carbocycles. The van der Waals surface area contributed by atoms with Crippen LogP contribution in [-0.2, 0) is 16.8 Å². The molecule has 0 saturated heterocycles. The predicted octanol–water partition coefficient (Wildman–Crippen LogP) is 2.90. The Morgan fingerprint density at radius 3 is 2.92 bits per heavy atom. The predicted molar refractivity (Wildman–Crippen MR) is 99.1 cm³/mol. The Balaban J connectivity index is 0.00000182. The summed E-state index contributed by atoms with van der Waals surface area (Å²) in [4.78, 5) is 20.0. The summed E-state index contributed by atoms with van der Waals surface area (Å²) in [6.45, 7) is 0.738. The summed E-state index contributed by atoms with van der Waals surface area (Å²) in [6, 6.07) is 8.03. The maximum atomic E-state index is 12.6. The lowest BCUT2D eigenvalue weighted by Gasteiger charge is -2.34. The Labute approximate surface area is 156 Å². The lowest BCUT2D eigenvalue weighted by molar-refractivity contribution is -0.118. The Bertz CT molecular complexity index is 763. The molecule has 0 radical (unpaired) electrons. The van der Waals surface area contributed by atoms with Crippen LogP contribution in [0.3, 0.4) is 0 Å². The summed E-state index contributed by atoms with van der Waals surface area (Å²) in [6.07, 6.45) is 3.71. The number of nitrogens with two attached hydrogens (primary N) is 1. The molecule has 1 aromatic heterocycles. The van der Waals surface area contributed by atoms with Gasteiger partial charge in [0.2, 0.25) is 11.8 Å². The molecular formula is C17H21ClN4O2S. The molecule has 0 spiro atoms. The molecule has 2 aliphatic rings. The second-order valence-electron chi connectivity index (χ2n) is 6.38. The molecule has 6 nitrogen and oxygen atoms in total. The van der Waals surface area contributed by atoms with Crippen LogP contribution in [0.4, 0.5) is 5.69 Å². The summed E-state index contributed by atoms with van der Waals surface area (Å²) in [5, 5.41) is 4.00. The van der Waals surface area contributed by atoms with Crippen molar-refractivity contribution in [2.24, 2.45) is 5.73 Å². The second-order valence-corrected chi connectivity index (χ2v) is 7.52. The first-order valence-corrected chi connectivity index (χ1v) is 9.28.